The first kappa shape index (κ1) is 30.8. The van der Waals surface area contributed by atoms with Gasteiger partial charge in [-0.3, -0.25) is 9.59 Å². The molecule has 3 rings (SSSR count). The molecule has 0 saturated carbocycles. The van der Waals surface area contributed by atoms with Crippen LogP contribution in [-0.4, -0.2) is 61.5 Å². The van der Waals surface area contributed by atoms with E-state index in [1.54, 1.807) is 19.1 Å². The van der Waals surface area contributed by atoms with E-state index in [1.165, 1.54) is 24.3 Å². The summed E-state index contributed by atoms with van der Waals surface area (Å²) in [6.07, 6.45) is 4.43. The van der Waals surface area contributed by atoms with E-state index in [9.17, 15) is 23.6 Å². The summed E-state index contributed by atoms with van der Waals surface area (Å²) >= 11 is 0. The molecule has 2 aromatic carbocycles. The Morgan fingerprint density at radius 3 is 2.62 bits per heavy atom. The number of nitrogens with one attached hydrogen (secondary N) is 2. The number of hydrogen-bond donors (Lipinski definition) is 2. The van der Waals surface area contributed by atoms with Crippen molar-refractivity contribution in [3.05, 3.63) is 82.7 Å². The van der Waals surface area contributed by atoms with Crippen molar-refractivity contribution < 1.29 is 28.3 Å². The van der Waals surface area contributed by atoms with Crippen molar-refractivity contribution in [1.29, 1.82) is 0 Å². The molecular weight excluding hydrogens is 512 g/mol. The first-order valence-electron chi connectivity index (χ1n) is 13.5. The van der Waals surface area contributed by atoms with Gasteiger partial charge in [-0.25, -0.2) is 9.18 Å². The second-order valence-electron chi connectivity index (χ2n) is 9.99. The molecular formula is C30H36BFN3O5. The Morgan fingerprint density at radius 2 is 1.95 bits per heavy atom. The maximum Gasteiger partial charge on any atom is 0.330 e. The number of nitrogens with zero attached hydrogens (tertiary/aromatic N) is 1. The third kappa shape index (κ3) is 9.15. The summed E-state index contributed by atoms with van der Waals surface area (Å²) in [6.45, 7) is 7.08. The minimum atomic E-state index is -0.838. The number of carbonyl (C=O) groups excluding carboxylic acids is 4. The maximum atomic E-state index is 13.3. The van der Waals surface area contributed by atoms with Crippen LogP contribution in [-0.2, 0) is 36.9 Å². The Kier molecular flexibility index (Phi) is 11.6. The van der Waals surface area contributed by atoms with Crippen LogP contribution in [0.1, 0.15) is 42.0 Å². The van der Waals surface area contributed by atoms with E-state index in [0.717, 1.165) is 24.1 Å². The van der Waals surface area contributed by atoms with Gasteiger partial charge in [-0.2, -0.15) is 0 Å². The molecule has 0 aromatic heterocycles. The van der Waals surface area contributed by atoms with E-state index in [2.05, 4.69) is 16.6 Å². The SMILES string of the molecule is CCOC(=O)/C=C/C(CC1CCN(Cc2ccc(C)cc2C)C1=O)NC(=O)C(Cc1ccc(F)cc1)N[B]C=O. The van der Waals surface area contributed by atoms with E-state index < -0.39 is 29.8 Å². The topological polar surface area (TPSA) is 105 Å². The lowest BCUT2D eigenvalue weighted by Gasteiger charge is -2.23. The van der Waals surface area contributed by atoms with E-state index in [1.807, 2.05) is 30.9 Å². The van der Waals surface area contributed by atoms with Crippen molar-refractivity contribution in [2.75, 3.05) is 13.2 Å². The lowest BCUT2D eigenvalue weighted by molar-refractivity contribution is -0.137. The molecule has 0 spiro atoms. The van der Waals surface area contributed by atoms with Gasteiger partial charge in [0.25, 0.3) is 7.41 Å². The van der Waals surface area contributed by atoms with Gasteiger partial charge in [0, 0.05) is 31.1 Å². The Labute approximate surface area is 235 Å². The molecule has 0 bridgehead atoms. The van der Waals surface area contributed by atoms with Gasteiger partial charge in [0.1, 0.15) is 5.82 Å². The number of ether oxygens (including phenoxy) is 1. The monoisotopic (exact) mass is 548 g/mol. The summed E-state index contributed by atoms with van der Waals surface area (Å²) < 4.78 is 18.3. The van der Waals surface area contributed by atoms with E-state index in [4.69, 9.17) is 4.74 Å². The predicted octanol–water partition coefficient (Wildman–Crippen LogP) is 2.80. The quantitative estimate of drug-likeness (QED) is 0.163. The summed E-state index contributed by atoms with van der Waals surface area (Å²) in [5.41, 5.74) is 4.08. The zero-order valence-corrected chi connectivity index (χ0v) is 23.2. The summed E-state index contributed by atoms with van der Waals surface area (Å²) in [4.78, 5) is 51.4. The average Bonchev–Trinajstić information content (AvgIpc) is 3.26. The molecule has 3 unspecified atom stereocenters. The van der Waals surface area contributed by atoms with Gasteiger partial charge < -0.3 is 25.0 Å². The Morgan fingerprint density at radius 1 is 1.20 bits per heavy atom. The smallest absolute Gasteiger partial charge is 0.330 e. The highest BCUT2D eigenvalue weighted by Crippen LogP contribution is 2.26. The van der Waals surface area contributed by atoms with Crippen molar-refractivity contribution in [2.45, 2.75) is 58.7 Å². The number of aryl methyl sites for hydroxylation is 2. The van der Waals surface area contributed by atoms with Gasteiger partial charge >= 0.3 is 5.97 Å². The fourth-order valence-corrected chi connectivity index (χ4v) is 4.81. The largest absolute Gasteiger partial charge is 0.463 e. The van der Waals surface area contributed by atoms with Crippen molar-refractivity contribution >= 4 is 31.4 Å². The van der Waals surface area contributed by atoms with Crippen LogP contribution in [0, 0.1) is 25.6 Å². The predicted molar refractivity (Wildman–Crippen MR) is 151 cm³/mol. The van der Waals surface area contributed by atoms with Crippen molar-refractivity contribution in [2.24, 2.45) is 5.92 Å². The van der Waals surface area contributed by atoms with Gasteiger partial charge in [0.05, 0.1) is 18.8 Å². The standard InChI is InChI=1S/C30H36BFN3O5/c1-4-40-28(37)12-11-26(33-29(38)27(34-31-19-36)16-22-6-9-25(32)10-7-22)17-23-13-14-35(30(23)39)18-24-8-5-20(2)15-21(24)3/h5-12,15,19,23,26-27,34H,4,13-14,16-18H2,1-3H3,(H,33,38)/b12-11+. The van der Waals surface area contributed by atoms with Crippen LogP contribution >= 0.6 is 0 Å². The molecule has 1 heterocycles. The van der Waals surface area contributed by atoms with Crippen LogP contribution in [0.25, 0.3) is 0 Å². The fourth-order valence-electron chi connectivity index (χ4n) is 4.81. The molecule has 2 aromatic rings. The van der Waals surface area contributed by atoms with Crippen LogP contribution in [0.2, 0.25) is 0 Å². The highest BCUT2D eigenvalue weighted by Gasteiger charge is 2.34. The van der Waals surface area contributed by atoms with Crippen LogP contribution in [0.15, 0.2) is 54.6 Å². The van der Waals surface area contributed by atoms with Gasteiger partial charge in [0.15, 0.2) is 0 Å². The summed E-state index contributed by atoms with van der Waals surface area (Å²) in [7, 11) is 1.13. The molecule has 2 amide bonds. The number of carbonyl (C=O) groups is 4. The third-order valence-electron chi connectivity index (χ3n) is 6.92. The van der Waals surface area contributed by atoms with Gasteiger partial charge in [-0.15, -0.1) is 0 Å². The van der Waals surface area contributed by atoms with Crippen molar-refractivity contribution in [3.8, 4) is 0 Å². The molecule has 0 aliphatic carbocycles. The lowest BCUT2D eigenvalue weighted by atomic mass is 9.93. The van der Waals surface area contributed by atoms with Crippen LogP contribution in [0.5, 0.6) is 0 Å². The molecule has 8 nitrogen and oxygen atoms in total. The van der Waals surface area contributed by atoms with Crippen LogP contribution in [0.4, 0.5) is 4.39 Å². The summed E-state index contributed by atoms with van der Waals surface area (Å²) in [6, 6.07) is 10.4. The molecule has 1 saturated heterocycles. The third-order valence-corrected chi connectivity index (χ3v) is 6.92. The normalized spacial score (nSPS) is 16.6. The molecule has 40 heavy (non-hydrogen) atoms. The number of rotatable bonds is 14. The summed E-state index contributed by atoms with van der Waals surface area (Å²) in [5.74, 6) is -1.72. The number of hydrogen-bond acceptors (Lipinski definition) is 6. The van der Waals surface area contributed by atoms with Crippen molar-refractivity contribution in [1.82, 2.24) is 15.4 Å². The van der Waals surface area contributed by atoms with Gasteiger partial charge in [-0.05, 0) is 68.9 Å². The first-order valence-corrected chi connectivity index (χ1v) is 13.5. The first-order chi connectivity index (χ1) is 19.2. The maximum absolute atomic E-state index is 13.3. The Bertz CT molecular complexity index is 1220. The molecule has 1 fully saturated rings. The minimum Gasteiger partial charge on any atom is -0.463 e. The Balaban J connectivity index is 1.72. The highest BCUT2D eigenvalue weighted by atomic mass is 19.1. The van der Waals surface area contributed by atoms with E-state index >= 15 is 0 Å². The van der Waals surface area contributed by atoms with Gasteiger partial charge in [-0.1, -0.05) is 42.0 Å². The second kappa shape index (κ2) is 15.1. The molecule has 2 N–H and O–H groups in total. The molecule has 3 atom stereocenters. The second-order valence-corrected chi connectivity index (χ2v) is 9.99. The number of likely N-dealkylation sites (tertiary alicyclic amines) is 1. The molecule has 1 aliphatic rings. The van der Waals surface area contributed by atoms with Crippen LogP contribution in [0.3, 0.4) is 0 Å². The van der Waals surface area contributed by atoms with E-state index in [-0.39, 0.29) is 24.9 Å². The van der Waals surface area contributed by atoms with Crippen molar-refractivity contribution in [3.63, 3.8) is 0 Å². The Hall–Kier alpha value is -3.79. The fraction of sp³-hybridized carbons (Fsp3) is 0.400. The zero-order valence-electron chi connectivity index (χ0n) is 23.2. The molecule has 1 aliphatic heterocycles. The minimum absolute atomic E-state index is 0.000894. The molecule has 211 valence electrons. The number of benzene rings is 2. The molecule has 10 heteroatoms. The number of esters is 1. The van der Waals surface area contributed by atoms with E-state index in [0.29, 0.717) is 37.7 Å². The number of amides is 2. The lowest BCUT2D eigenvalue weighted by Crippen LogP contribution is -2.50. The van der Waals surface area contributed by atoms with Gasteiger partial charge in [0.2, 0.25) is 11.8 Å². The number of halogens is 1. The average molecular weight is 548 g/mol. The van der Waals surface area contributed by atoms with Crippen LogP contribution < -0.4 is 10.5 Å². The highest BCUT2D eigenvalue weighted by molar-refractivity contribution is 6.64. The molecule has 1 radical (unpaired) electrons. The zero-order chi connectivity index (χ0) is 29.1. The summed E-state index contributed by atoms with van der Waals surface area (Å²) in [5, 5.41) is 5.68.